The lowest BCUT2D eigenvalue weighted by Crippen LogP contribution is -2.12. The summed E-state index contributed by atoms with van der Waals surface area (Å²) in [6, 6.07) is 14.5. The summed E-state index contributed by atoms with van der Waals surface area (Å²) < 4.78 is 1.97. The third-order valence-electron chi connectivity index (χ3n) is 3.00. The van der Waals surface area contributed by atoms with Crippen molar-refractivity contribution in [1.29, 1.82) is 0 Å². The molecule has 1 N–H and O–H groups in total. The quantitative estimate of drug-likeness (QED) is 0.800. The number of pyridine rings is 1. The van der Waals surface area contributed by atoms with Gasteiger partial charge in [0.15, 0.2) is 0 Å². The van der Waals surface area contributed by atoms with Gasteiger partial charge in [-0.15, -0.1) is 0 Å². The molecule has 5 heteroatoms. The SMILES string of the molecule is O=C(Nc1cc(Cl)ccn1)c1ccc(-n2cccc2)cc1. The Labute approximate surface area is 127 Å². The van der Waals surface area contributed by atoms with Crippen LogP contribution in [0, 0.1) is 0 Å². The lowest BCUT2D eigenvalue weighted by Gasteiger charge is -2.06. The first-order valence-corrected chi connectivity index (χ1v) is 6.76. The van der Waals surface area contributed by atoms with E-state index in [0.29, 0.717) is 16.4 Å². The van der Waals surface area contributed by atoms with Crippen molar-refractivity contribution >= 4 is 23.3 Å². The molecule has 0 saturated carbocycles. The van der Waals surface area contributed by atoms with Gasteiger partial charge in [-0.2, -0.15) is 0 Å². The molecule has 0 unspecified atom stereocenters. The van der Waals surface area contributed by atoms with Crippen molar-refractivity contribution < 1.29 is 4.79 Å². The molecule has 0 spiro atoms. The lowest BCUT2D eigenvalue weighted by atomic mass is 10.2. The maximum absolute atomic E-state index is 12.1. The summed E-state index contributed by atoms with van der Waals surface area (Å²) in [6.07, 6.45) is 5.45. The molecule has 0 saturated heterocycles. The van der Waals surface area contributed by atoms with Crippen LogP contribution >= 0.6 is 11.6 Å². The molecule has 3 aromatic rings. The summed E-state index contributed by atoms with van der Waals surface area (Å²) in [5, 5.41) is 3.24. The van der Waals surface area contributed by atoms with Crippen molar-refractivity contribution in [3.8, 4) is 5.69 Å². The van der Waals surface area contributed by atoms with E-state index < -0.39 is 0 Å². The topological polar surface area (TPSA) is 46.9 Å². The molecule has 0 aliphatic heterocycles. The van der Waals surface area contributed by atoms with Gasteiger partial charge in [0, 0.05) is 34.9 Å². The van der Waals surface area contributed by atoms with Gasteiger partial charge in [-0.3, -0.25) is 4.79 Å². The summed E-state index contributed by atoms with van der Waals surface area (Å²) in [7, 11) is 0. The fourth-order valence-corrected chi connectivity index (χ4v) is 2.11. The number of carbonyl (C=O) groups is 1. The van der Waals surface area contributed by atoms with E-state index in [-0.39, 0.29) is 5.91 Å². The highest BCUT2D eigenvalue weighted by Crippen LogP contribution is 2.14. The fraction of sp³-hybridized carbons (Fsp3) is 0. The van der Waals surface area contributed by atoms with E-state index in [2.05, 4.69) is 10.3 Å². The average Bonchev–Trinajstić information content (AvgIpc) is 3.01. The van der Waals surface area contributed by atoms with Crippen molar-refractivity contribution in [2.45, 2.75) is 0 Å². The lowest BCUT2D eigenvalue weighted by molar-refractivity contribution is 0.102. The standard InChI is InChI=1S/C16H12ClN3O/c17-13-7-8-18-15(11-13)19-16(21)12-3-5-14(6-4-12)20-9-1-2-10-20/h1-11H,(H,18,19,21). The third-order valence-corrected chi connectivity index (χ3v) is 3.23. The maximum Gasteiger partial charge on any atom is 0.256 e. The van der Waals surface area contributed by atoms with Gasteiger partial charge in [-0.05, 0) is 48.5 Å². The zero-order valence-corrected chi connectivity index (χ0v) is 11.8. The van der Waals surface area contributed by atoms with Gasteiger partial charge in [0.25, 0.3) is 5.91 Å². The molecule has 0 fully saturated rings. The molecule has 1 aromatic carbocycles. The number of anilines is 1. The molecule has 0 aliphatic rings. The molecule has 4 nitrogen and oxygen atoms in total. The molecule has 2 heterocycles. The zero-order chi connectivity index (χ0) is 14.7. The first-order chi connectivity index (χ1) is 10.2. The second-order valence-electron chi connectivity index (χ2n) is 4.45. The van der Waals surface area contributed by atoms with Crippen molar-refractivity contribution in [1.82, 2.24) is 9.55 Å². The second-order valence-corrected chi connectivity index (χ2v) is 4.89. The van der Waals surface area contributed by atoms with Crippen LogP contribution in [0.1, 0.15) is 10.4 Å². The number of benzene rings is 1. The Morgan fingerprint density at radius 2 is 1.81 bits per heavy atom. The molecule has 0 bridgehead atoms. The largest absolute Gasteiger partial charge is 0.324 e. The maximum atomic E-state index is 12.1. The number of carbonyl (C=O) groups excluding carboxylic acids is 1. The Balaban J connectivity index is 1.76. The van der Waals surface area contributed by atoms with Gasteiger partial charge in [0.2, 0.25) is 0 Å². The van der Waals surface area contributed by atoms with E-state index in [9.17, 15) is 4.79 Å². The van der Waals surface area contributed by atoms with Crippen LogP contribution in [0.15, 0.2) is 67.1 Å². The third kappa shape index (κ3) is 3.12. The van der Waals surface area contributed by atoms with E-state index in [0.717, 1.165) is 5.69 Å². The number of hydrogen-bond acceptors (Lipinski definition) is 2. The number of hydrogen-bond donors (Lipinski definition) is 1. The number of amides is 1. The van der Waals surface area contributed by atoms with Crippen LogP contribution in [0.3, 0.4) is 0 Å². The van der Waals surface area contributed by atoms with Crippen LogP contribution in [0.4, 0.5) is 5.82 Å². The van der Waals surface area contributed by atoms with Crippen LogP contribution in [-0.2, 0) is 0 Å². The number of aromatic nitrogens is 2. The van der Waals surface area contributed by atoms with Crippen LogP contribution in [0.5, 0.6) is 0 Å². The van der Waals surface area contributed by atoms with Crippen LogP contribution in [0.25, 0.3) is 5.69 Å². The number of rotatable bonds is 3. The summed E-state index contributed by atoms with van der Waals surface area (Å²) in [5.74, 6) is 0.214. The van der Waals surface area contributed by atoms with Crippen molar-refractivity contribution in [3.63, 3.8) is 0 Å². The minimum Gasteiger partial charge on any atom is -0.324 e. The highest BCUT2D eigenvalue weighted by Gasteiger charge is 2.07. The van der Waals surface area contributed by atoms with E-state index >= 15 is 0 Å². The first-order valence-electron chi connectivity index (χ1n) is 6.39. The zero-order valence-electron chi connectivity index (χ0n) is 11.0. The van der Waals surface area contributed by atoms with Crippen molar-refractivity contribution in [3.05, 3.63) is 77.7 Å². The van der Waals surface area contributed by atoms with Crippen LogP contribution < -0.4 is 5.32 Å². The van der Waals surface area contributed by atoms with Gasteiger partial charge in [0.1, 0.15) is 5.82 Å². The van der Waals surface area contributed by atoms with E-state index in [4.69, 9.17) is 11.6 Å². The summed E-state index contributed by atoms with van der Waals surface area (Å²) >= 11 is 5.86. The monoisotopic (exact) mass is 297 g/mol. The van der Waals surface area contributed by atoms with E-state index in [1.807, 2.05) is 41.2 Å². The number of halogens is 1. The number of nitrogens with one attached hydrogen (secondary N) is 1. The van der Waals surface area contributed by atoms with Gasteiger partial charge in [-0.25, -0.2) is 4.98 Å². The summed E-state index contributed by atoms with van der Waals surface area (Å²) in [5.41, 5.74) is 1.56. The molecule has 1 amide bonds. The minimum atomic E-state index is -0.219. The van der Waals surface area contributed by atoms with Gasteiger partial charge < -0.3 is 9.88 Å². The second kappa shape index (κ2) is 5.81. The smallest absolute Gasteiger partial charge is 0.256 e. The Morgan fingerprint density at radius 1 is 1.10 bits per heavy atom. The molecule has 3 rings (SSSR count). The molecular formula is C16H12ClN3O. The Morgan fingerprint density at radius 3 is 2.48 bits per heavy atom. The Kier molecular flexibility index (Phi) is 3.71. The average molecular weight is 298 g/mol. The molecular weight excluding hydrogens is 286 g/mol. The first kappa shape index (κ1) is 13.4. The predicted octanol–water partition coefficient (Wildman–Crippen LogP) is 3.78. The molecule has 104 valence electrons. The van der Waals surface area contributed by atoms with Gasteiger partial charge >= 0.3 is 0 Å². The predicted molar refractivity (Wildman–Crippen MR) is 83.0 cm³/mol. The summed E-state index contributed by atoms with van der Waals surface area (Å²) in [6.45, 7) is 0. The van der Waals surface area contributed by atoms with Crippen LogP contribution in [-0.4, -0.2) is 15.5 Å². The molecule has 0 atom stereocenters. The number of nitrogens with zero attached hydrogens (tertiary/aromatic N) is 2. The van der Waals surface area contributed by atoms with E-state index in [1.165, 1.54) is 0 Å². The normalized spacial score (nSPS) is 10.3. The Hall–Kier alpha value is -2.59. The fourth-order valence-electron chi connectivity index (χ4n) is 1.95. The molecule has 0 aliphatic carbocycles. The molecule has 0 radical (unpaired) electrons. The van der Waals surface area contributed by atoms with Crippen molar-refractivity contribution in [2.75, 3.05) is 5.32 Å². The highest BCUT2D eigenvalue weighted by atomic mass is 35.5. The van der Waals surface area contributed by atoms with E-state index in [1.54, 1.807) is 30.5 Å². The van der Waals surface area contributed by atoms with Crippen molar-refractivity contribution in [2.24, 2.45) is 0 Å². The highest BCUT2D eigenvalue weighted by molar-refractivity contribution is 6.30. The van der Waals surface area contributed by atoms with Gasteiger partial charge in [-0.1, -0.05) is 11.6 Å². The summed E-state index contributed by atoms with van der Waals surface area (Å²) in [4.78, 5) is 16.2. The van der Waals surface area contributed by atoms with Gasteiger partial charge in [0.05, 0.1) is 0 Å². The Bertz CT molecular complexity index is 751. The molecule has 2 aromatic heterocycles. The van der Waals surface area contributed by atoms with Crippen LogP contribution in [0.2, 0.25) is 5.02 Å². The molecule has 21 heavy (non-hydrogen) atoms. The minimum absolute atomic E-state index is 0.219.